The van der Waals surface area contributed by atoms with E-state index in [1.165, 1.54) is 113 Å². The highest BCUT2D eigenvalue weighted by Gasteiger charge is 2.48. The summed E-state index contributed by atoms with van der Waals surface area (Å²) < 4.78 is 28.9. The van der Waals surface area contributed by atoms with Gasteiger partial charge in [-0.2, -0.15) is 0 Å². The SMILES string of the molecule is CCCCCCCCOC1(OCCCCCCCC)C=C(c2ccc(Sc3ccccc3)cc2)C(OCCCCCCCC)(OCCCCCCCC)C=C1Sc1ccccc1. The molecule has 0 unspecified atom stereocenters. The molecule has 3 aromatic carbocycles. The van der Waals surface area contributed by atoms with Gasteiger partial charge in [-0.25, -0.2) is 0 Å². The molecule has 0 atom stereocenters. The molecule has 0 saturated carbocycles. The molecule has 3 aromatic rings. The van der Waals surface area contributed by atoms with Crippen molar-refractivity contribution in [1.29, 1.82) is 0 Å². The molecule has 0 saturated heterocycles. The van der Waals surface area contributed by atoms with Gasteiger partial charge in [-0.05, 0) is 79.8 Å². The Morgan fingerprint density at radius 2 is 0.677 bits per heavy atom. The summed E-state index contributed by atoms with van der Waals surface area (Å²) in [6.45, 7) is 11.6. The van der Waals surface area contributed by atoms with Gasteiger partial charge in [-0.3, -0.25) is 0 Å². The van der Waals surface area contributed by atoms with E-state index in [1.807, 2.05) is 0 Å². The molecule has 0 amide bonds. The van der Waals surface area contributed by atoms with Gasteiger partial charge < -0.3 is 18.9 Å². The van der Waals surface area contributed by atoms with E-state index >= 15 is 0 Å². The molecule has 4 rings (SSSR count). The first-order valence-corrected chi connectivity index (χ1v) is 26.8. The van der Waals surface area contributed by atoms with Crippen molar-refractivity contribution in [2.75, 3.05) is 26.4 Å². The second-order valence-electron chi connectivity index (χ2n) is 17.2. The fraction of sp³-hybridized carbons (Fsp3) is 0.607. The standard InChI is InChI=1S/C56H84O4S2/c1-5-9-13-17-21-31-43-57-55(58-44-32-22-18-14-10-6-2)48-54(62-51-37-29-26-30-38-51)56(59-45-33-23-19-15-11-7-3,60-46-34-24-20-16-12-8-4)47-53(55)49-39-41-52(42-40-49)61-50-35-27-25-28-36-50/h25-30,35-42,47-48H,5-24,31-34,43-46H2,1-4H3. The van der Waals surface area contributed by atoms with Gasteiger partial charge >= 0.3 is 0 Å². The smallest absolute Gasteiger partial charge is 0.222 e. The van der Waals surface area contributed by atoms with Crippen molar-refractivity contribution in [2.45, 2.75) is 208 Å². The second-order valence-corrected chi connectivity index (χ2v) is 19.5. The maximum atomic E-state index is 7.24. The molecule has 0 aromatic heterocycles. The highest BCUT2D eigenvalue weighted by molar-refractivity contribution is 8.03. The Kier molecular flexibility index (Phi) is 27.3. The summed E-state index contributed by atoms with van der Waals surface area (Å²) in [5.74, 6) is -2.19. The van der Waals surface area contributed by atoms with Crippen LogP contribution in [0, 0.1) is 0 Å². The predicted octanol–water partition coefficient (Wildman–Crippen LogP) is 17.8. The van der Waals surface area contributed by atoms with Gasteiger partial charge in [0, 0.05) is 20.3 Å². The first kappa shape index (κ1) is 52.3. The summed E-state index contributed by atoms with van der Waals surface area (Å²) in [5, 5.41) is 0. The van der Waals surface area contributed by atoms with Crippen LogP contribution in [0.15, 0.2) is 117 Å². The quantitative estimate of drug-likeness (QED) is 0.0424. The van der Waals surface area contributed by atoms with E-state index in [0.717, 1.165) is 72.3 Å². The topological polar surface area (TPSA) is 36.9 Å². The number of hydrogen-bond acceptors (Lipinski definition) is 6. The summed E-state index contributed by atoms with van der Waals surface area (Å²) in [7, 11) is 0. The van der Waals surface area contributed by atoms with Crippen molar-refractivity contribution in [1.82, 2.24) is 0 Å². The number of benzene rings is 3. The van der Waals surface area contributed by atoms with Crippen LogP contribution in [0.5, 0.6) is 0 Å². The third-order valence-corrected chi connectivity index (χ3v) is 13.9. The first-order chi connectivity index (χ1) is 30.6. The number of ether oxygens (including phenoxy) is 4. The minimum absolute atomic E-state index is 0.617. The minimum atomic E-state index is -1.10. The van der Waals surface area contributed by atoms with Gasteiger partial charge in [0.2, 0.25) is 11.6 Å². The highest BCUT2D eigenvalue weighted by Crippen LogP contribution is 2.50. The largest absolute Gasteiger partial charge is 0.343 e. The van der Waals surface area contributed by atoms with E-state index in [1.54, 1.807) is 23.5 Å². The zero-order chi connectivity index (χ0) is 43.8. The van der Waals surface area contributed by atoms with Crippen LogP contribution in [0.3, 0.4) is 0 Å². The number of rotatable bonds is 37. The molecule has 0 N–H and O–H groups in total. The third-order valence-electron chi connectivity index (χ3n) is 11.7. The Morgan fingerprint density at radius 3 is 1.08 bits per heavy atom. The van der Waals surface area contributed by atoms with E-state index in [2.05, 4.69) is 125 Å². The summed E-state index contributed by atoms with van der Waals surface area (Å²) in [4.78, 5) is 4.57. The lowest BCUT2D eigenvalue weighted by molar-refractivity contribution is -0.193. The van der Waals surface area contributed by atoms with E-state index in [-0.39, 0.29) is 0 Å². The van der Waals surface area contributed by atoms with Crippen LogP contribution in [0.2, 0.25) is 0 Å². The maximum absolute atomic E-state index is 7.24. The summed E-state index contributed by atoms with van der Waals surface area (Å²) >= 11 is 3.52. The highest BCUT2D eigenvalue weighted by atomic mass is 32.2. The van der Waals surface area contributed by atoms with Crippen molar-refractivity contribution >= 4 is 29.1 Å². The molecule has 6 heteroatoms. The molecule has 62 heavy (non-hydrogen) atoms. The van der Waals surface area contributed by atoms with Gasteiger partial charge in [0.25, 0.3) is 0 Å². The van der Waals surface area contributed by atoms with Gasteiger partial charge in [0.05, 0.1) is 31.3 Å². The zero-order valence-corrected chi connectivity index (χ0v) is 41.1. The van der Waals surface area contributed by atoms with Crippen LogP contribution < -0.4 is 0 Å². The molecule has 4 nitrogen and oxygen atoms in total. The van der Waals surface area contributed by atoms with E-state index in [0.29, 0.717) is 26.4 Å². The van der Waals surface area contributed by atoms with Gasteiger partial charge in [-0.15, -0.1) is 0 Å². The molecule has 0 spiro atoms. The second kappa shape index (κ2) is 32.4. The molecule has 1 aliphatic rings. The minimum Gasteiger partial charge on any atom is -0.343 e. The third kappa shape index (κ3) is 19.4. The fourth-order valence-electron chi connectivity index (χ4n) is 8.01. The van der Waals surface area contributed by atoms with Crippen molar-refractivity contribution in [3.8, 4) is 0 Å². The Bertz CT molecular complexity index is 1570. The van der Waals surface area contributed by atoms with E-state index in [4.69, 9.17) is 18.9 Å². The van der Waals surface area contributed by atoms with Gasteiger partial charge in [0.15, 0.2) is 0 Å². The molecule has 0 fully saturated rings. The van der Waals surface area contributed by atoms with E-state index < -0.39 is 11.6 Å². The van der Waals surface area contributed by atoms with Crippen molar-refractivity contribution < 1.29 is 18.9 Å². The molecule has 344 valence electrons. The average molecular weight is 885 g/mol. The molecular formula is C56H84O4S2. The number of hydrogen-bond donors (Lipinski definition) is 0. The molecule has 0 aliphatic heterocycles. The van der Waals surface area contributed by atoms with Crippen molar-refractivity contribution in [3.63, 3.8) is 0 Å². The fourth-order valence-corrected chi connectivity index (χ4v) is 9.93. The average Bonchev–Trinajstić information content (AvgIpc) is 3.30. The van der Waals surface area contributed by atoms with Crippen LogP contribution in [0.25, 0.3) is 5.57 Å². The molecule has 0 bridgehead atoms. The number of thioether (sulfide) groups is 1. The lowest BCUT2D eigenvalue weighted by Gasteiger charge is -2.43. The first-order valence-electron chi connectivity index (χ1n) is 25.2. The molecule has 0 heterocycles. The van der Waals surface area contributed by atoms with Crippen LogP contribution in [0.4, 0.5) is 0 Å². The Labute approximate surface area is 388 Å². The predicted molar refractivity (Wildman–Crippen MR) is 268 cm³/mol. The normalized spacial score (nSPS) is 14.5. The Hall–Kier alpha value is -2.32. The summed E-state index contributed by atoms with van der Waals surface area (Å²) in [6.07, 6.45) is 33.4. The monoisotopic (exact) mass is 885 g/mol. The van der Waals surface area contributed by atoms with Gasteiger partial charge in [0.1, 0.15) is 0 Å². The number of unbranched alkanes of at least 4 members (excludes halogenated alkanes) is 20. The molecule has 0 radical (unpaired) electrons. The van der Waals surface area contributed by atoms with Gasteiger partial charge in [-0.1, -0.05) is 228 Å². The lowest BCUT2D eigenvalue weighted by atomic mass is 9.89. The summed E-state index contributed by atoms with van der Waals surface area (Å²) in [5.41, 5.74) is 2.05. The Balaban J connectivity index is 1.79. The van der Waals surface area contributed by atoms with Crippen LogP contribution in [-0.4, -0.2) is 38.0 Å². The maximum Gasteiger partial charge on any atom is 0.222 e. The van der Waals surface area contributed by atoms with Crippen LogP contribution in [0.1, 0.15) is 187 Å². The summed E-state index contributed by atoms with van der Waals surface area (Å²) in [6, 6.07) is 30.3. The van der Waals surface area contributed by atoms with Crippen LogP contribution >= 0.6 is 23.5 Å². The van der Waals surface area contributed by atoms with Crippen molar-refractivity contribution in [3.05, 3.63) is 108 Å². The lowest BCUT2D eigenvalue weighted by Crippen LogP contribution is -2.46. The van der Waals surface area contributed by atoms with E-state index in [9.17, 15) is 0 Å². The van der Waals surface area contributed by atoms with Crippen LogP contribution in [-0.2, 0) is 18.9 Å². The Morgan fingerprint density at radius 1 is 0.339 bits per heavy atom. The molecule has 1 aliphatic carbocycles. The molecular weight excluding hydrogens is 801 g/mol. The zero-order valence-electron chi connectivity index (χ0n) is 39.5. The van der Waals surface area contributed by atoms with Crippen molar-refractivity contribution in [2.24, 2.45) is 0 Å².